The lowest BCUT2D eigenvalue weighted by Crippen LogP contribution is -2.28. The number of amides is 1. The summed E-state index contributed by atoms with van der Waals surface area (Å²) in [5.41, 5.74) is 2.07. The van der Waals surface area contributed by atoms with E-state index in [1.807, 2.05) is 30.3 Å². The average Bonchev–Trinajstić information content (AvgIpc) is 2.82. The van der Waals surface area contributed by atoms with Gasteiger partial charge < -0.3 is 4.90 Å². The van der Waals surface area contributed by atoms with Gasteiger partial charge in [-0.15, -0.1) is 0 Å². The van der Waals surface area contributed by atoms with E-state index in [2.05, 4.69) is 4.98 Å². The normalized spacial score (nSPS) is 18.7. The molecule has 7 heteroatoms. The quantitative estimate of drug-likeness (QED) is 0.774. The first-order chi connectivity index (χ1) is 10.9. The summed E-state index contributed by atoms with van der Waals surface area (Å²) < 4.78 is 22.3. The predicted molar refractivity (Wildman–Crippen MR) is 89.8 cm³/mol. The van der Waals surface area contributed by atoms with Gasteiger partial charge in [-0.05, 0) is 24.1 Å². The number of rotatable bonds is 5. The van der Waals surface area contributed by atoms with Gasteiger partial charge in [0.1, 0.15) is 0 Å². The van der Waals surface area contributed by atoms with Crippen molar-refractivity contribution in [1.82, 2.24) is 9.88 Å². The Hall–Kier alpha value is -1.66. The van der Waals surface area contributed by atoms with E-state index in [1.54, 1.807) is 11.1 Å². The minimum absolute atomic E-state index is 0.00585. The topological polar surface area (TPSA) is 67.3 Å². The highest BCUT2D eigenvalue weighted by Gasteiger charge is 2.31. The Labute approximate surface area is 139 Å². The zero-order valence-corrected chi connectivity index (χ0v) is 14.1. The third kappa shape index (κ3) is 4.00. The van der Waals surface area contributed by atoms with Gasteiger partial charge in [0.2, 0.25) is 15.0 Å². The Kier molecular flexibility index (Phi) is 4.55. The maximum Gasteiger partial charge on any atom is 0.232 e. The Morgan fingerprint density at radius 1 is 1.26 bits per heavy atom. The molecule has 23 heavy (non-hydrogen) atoms. The molecule has 0 saturated carbocycles. The van der Waals surface area contributed by atoms with Crippen molar-refractivity contribution in [2.45, 2.75) is 12.8 Å². The van der Waals surface area contributed by atoms with E-state index in [0.29, 0.717) is 13.1 Å². The second-order valence-corrected chi connectivity index (χ2v) is 8.67. The molecule has 2 aromatic rings. The van der Waals surface area contributed by atoms with Gasteiger partial charge in [-0.1, -0.05) is 18.2 Å². The highest BCUT2D eigenvalue weighted by molar-refractivity contribution is 8.13. The summed E-state index contributed by atoms with van der Waals surface area (Å²) in [6.07, 6.45) is 2.74. The molecule has 5 nitrogen and oxygen atoms in total. The molecule has 0 bridgehead atoms. The fourth-order valence-electron chi connectivity index (χ4n) is 3.09. The maximum atomic E-state index is 12.0. The number of hydrogen-bond donors (Lipinski definition) is 0. The molecule has 0 aliphatic carbocycles. The number of pyridine rings is 1. The Bertz CT molecular complexity index is 833. The number of carbonyl (C=O) groups is 1. The SMILES string of the molecule is O=C1CC(CS(=O)(=O)Cl)CN1CCc1ccnc2ccccc12. The predicted octanol–water partition coefficient (Wildman–Crippen LogP) is 2.19. The highest BCUT2D eigenvalue weighted by atomic mass is 35.7. The molecule has 1 unspecified atom stereocenters. The summed E-state index contributed by atoms with van der Waals surface area (Å²) in [5.74, 6) is -0.359. The summed E-state index contributed by atoms with van der Waals surface area (Å²) in [6.45, 7) is 1.03. The van der Waals surface area contributed by atoms with Gasteiger partial charge in [-0.3, -0.25) is 9.78 Å². The molecule has 1 aromatic heterocycles. The molecule has 122 valence electrons. The molecule has 1 saturated heterocycles. The van der Waals surface area contributed by atoms with Crippen LogP contribution in [0.4, 0.5) is 0 Å². The van der Waals surface area contributed by atoms with E-state index in [-0.39, 0.29) is 24.0 Å². The molecular formula is C16H17ClN2O3S. The first-order valence-electron chi connectivity index (χ1n) is 7.45. The molecule has 3 rings (SSSR count). The third-order valence-electron chi connectivity index (χ3n) is 4.12. The zero-order chi connectivity index (χ0) is 16.4. The minimum Gasteiger partial charge on any atom is -0.342 e. The van der Waals surface area contributed by atoms with Crippen LogP contribution < -0.4 is 0 Å². The van der Waals surface area contributed by atoms with Crippen molar-refractivity contribution in [2.75, 3.05) is 18.8 Å². The third-order valence-corrected chi connectivity index (χ3v) is 5.37. The largest absolute Gasteiger partial charge is 0.342 e. The van der Waals surface area contributed by atoms with Crippen LogP contribution in [-0.4, -0.2) is 43.1 Å². The molecular weight excluding hydrogens is 336 g/mol. The van der Waals surface area contributed by atoms with Gasteiger partial charge in [0, 0.05) is 47.7 Å². The number of fused-ring (bicyclic) bond motifs is 1. The number of benzene rings is 1. The van der Waals surface area contributed by atoms with E-state index in [9.17, 15) is 13.2 Å². The van der Waals surface area contributed by atoms with Crippen LogP contribution in [0.2, 0.25) is 0 Å². The molecule has 1 amide bonds. The molecule has 1 fully saturated rings. The zero-order valence-electron chi connectivity index (χ0n) is 12.5. The molecule has 2 heterocycles. The number of aromatic nitrogens is 1. The van der Waals surface area contributed by atoms with Gasteiger partial charge in [-0.2, -0.15) is 0 Å². The Morgan fingerprint density at radius 2 is 2.04 bits per heavy atom. The van der Waals surface area contributed by atoms with Crippen LogP contribution in [0.3, 0.4) is 0 Å². The first-order valence-corrected chi connectivity index (χ1v) is 9.93. The minimum atomic E-state index is -3.57. The second kappa shape index (κ2) is 6.45. The van der Waals surface area contributed by atoms with Gasteiger partial charge in [-0.25, -0.2) is 8.42 Å². The number of carbonyl (C=O) groups excluding carboxylic acids is 1. The van der Waals surface area contributed by atoms with Crippen LogP contribution in [-0.2, 0) is 20.3 Å². The Morgan fingerprint density at radius 3 is 2.83 bits per heavy atom. The van der Waals surface area contributed by atoms with E-state index in [0.717, 1.165) is 22.9 Å². The molecule has 1 aliphatic heterocycles. The van der Waals surface area contributed by atoms with Crippen molar-refractivity contribution in [3.05, 3.63) is 42.1 Å². The molecule has 0 radical (unpaired) electrons. The van der Waals surface area contributed by atoms with Crippen molar-refractivity contribution in [1.29, 1.82) is 0 Å². The number of likely N-dealkylation sites (tertiary alicyclic amines) is 1. The summed E-state index contributed by atoms with van der Waals surface area (Å²) in [5, 5.41) is 1.08. The van der Waals surface area contributed by atoms with Crippen molar-refractivity contribution < 1.29 is 13.2 Å². The van der Waals surface area contributed by atoms with Crippen LogP contribution >= 0.6 is 10.7 Å². The summed E-state index contributed by atoms with van der Waals surface area (Å²) in [4.78, 5) is 18.1. The van der Waals surface area contributed by atoms with Gasteiger partial charge >= 0.3 is 0 Å². The lowest BCUT2D eigenvalue weighted by Gasteiger charge is -2.17. The van der Waals surface area contributed by atoms with E-state index in [1.165, 1.54) is 0 Å². The van der Waals surface area contributed by atoms with Crippen molar-refractivity contribution >= 4 is 36.5 Å². The van der Waals surface area contributed by atoms with Crippen LogP contribution in [0, 0.1) is 5.92 Å². The molecule has 1 aromatic carbocycles. The molecule has 0 spiro atoms. The smallest absolute Gasteiger partial charge is 0.232 e. The van der Waals surface area contributed by atoms with Gasteiger partial charge in [0.25, 0.3) is 0 Å². The van der Waals surface area contributed by atoms with E-state index in [4.69, 9.17) is 10.7 Å². The average molecular weight is 353 g/mol. The highest BCUT2D eigenvalue weighted by Crippen LogP contribution is 2.22. The van der Waals surface area contributed by atoms with Crippen LogP contribution in [0.15, 0.2) is 36.5 Å². The lowest BCUT2D eigenvalue weighted by molar-refractivity contribution is -0.127. The summed E-state index contributed by atoms with van der Waals surface area (Å²) in [6, 6.07) is 9.85. The van der Waals surface area contributed by atoms with Gasteiger partial charge in [0.05, 0.1) is 11.3 Å². The monoisotopic (exact) mass is 352 g/mol. The fourth-order valence-corrected chi connectivity index (χ4v) is 4.41. The summed E-state index contributed by atoms with van der Waals surface area (Å²) >= 11 is 0. The Balaban J connectivity index is 1.67. The molecule has 0 N–H and O–H groups in total. The first kappa shape index (κ1) is 16.2. The van der Waals surface area contributed by atoms with Gasteiger partial charge in [0.15, 0.2) is 0 Å². The second-order valence-electron chi connectivity index (χ2n) is 5.85. The lowest BCUT2D eigenvalue weighted by atomic mass is 10.1. The van der Waals surface area contributed by atoms with Crippen LogP contribution in [0.25, 0.3) is 10.9 Å². The fraction of sp³-hybridized carbons (Fsp3) is 0.375. The van der Waals surface area contributed by atoms with E-state index >= 15 is 0 Å². The van der Waals surface area contributed by atoms with Crippen LogP contribution in [0.1, 0.15) is 12.0 Å². The number of para-hydroxylation sites is 1. The van der Waals surface area contributed by atoms with Crippen molar-refractivity contribution in [2.24, 2.45) is 5.92 Å². The summed E-state index contributed by atoms with van der Waals surface area (Å²) in [7, 11) is 1.72. The maximum absolute atomic E-state index is 12.0. The number of halogens is 1. The standard InChI is InChI=1S/C16H17ClN2O3S/c17-23(21,22)11-12-9-16(20)19(10-12)8-6-13-5-7-18-15-4-2-1-3-14(13)15/h1-5,7,12H,6,8-11H2. The number of nitrogens with zero attached hydrogens (tertiary/aromatic N) is 2. The van der Waals surface area contributed by atoms with E-state index < -0.39 is 9.05 Å². The molecule has 1 atom stereocenters. The molecule has 1 aliphatic rings. The van der Waals surface area contributed by atoms with Crippen molar-refractivity contribution in [3.8, 4) is 0 Å². The number of hydrogen-bond acceptors (Lipinski definition) is 4. The van der Waals surface area contributed by atoms with Crippen LogP contribution in [0.5, 0.6) is 0 Å². The van der Waals surface area contributed by atoms with Crippen molar-refractivity contribution in [3.63, 3.8) is 0 Å².